The van der Waals surface area contributed by atoms with Crippen LogP contribution in [0.1, 0.15) is 5.56 Å². The second-order valence-electron chi connectivity index (χ2n) is 3.68. The molecular weight excluding hydrogens is 268 g/mol. The molecule has 0 heterocycles. The van der Waals surface area contributed by atoms with Gasteiger partial charge >= 0.3 is 12.5 Å². The van der Waals surface area contributed by atoms with E-state index < -0.39 is 24.9 Å². The fourth-order valence-corrected chi connectivity index (χ4v) is 1.47. The summed E-state index contributed by atoms with van der Waals surface area (Å²) in [6, 6.07) is 8.07. The molecule has 0 saturated heterocycles. The highest BCUT2D eigenvalue weighted by Crippen LogP contribution is 2.31. The van der Waals surface area contributed by atoms with Gasteiger partial charge in [0, 0.05) is 19.8 Å². The lowest BCUT2D eigenvalue weighted by atomic mass is 10.1. The lowest BCUT2D eigenvalue weighted by molar-refractivity contribution is -0.344. The van der Waals surface area contributed by atoms with E-state index >= 15 is 0 Å². The number of hydrogen-bond donors (Lipinski definition) is 0. The zero-order chi connectivity index (χ0) is 14.5. The molecule has 0 unspecified atom stereocenters. The Hall–Kier alpha value is -1.18. The van der Waals surface area contributed by atoms with E-state index in [1.807, 2.05) is 0 Å². The number of halogens is 4. The molecule has 0 radical (unpaired) electrons. The Balaban J connectivity index is 2.90. The summed E-state index contributed by atoms with van der Waals surface area (Å²) in [5.74, 6) is -1.67. The molecule has 0 aliphatic rings. The van der Waals surface area contributed by atoms with Gasteiger partial charge in [0.15, 0.2) is 0 Å². The van der Waals surface area contributed by atoms with Crippen LogP contribution in [0.15, 0.2) is 30.3 Å². The predicted molar refractivity (Wildman–Crippen MR) is 59.0 cm³/mol. The van der Waals surface area contributed by atoms with Crippen molar-refractivity contribution in [2.45, 2.75) is 18.3 Å². The van der Waals surface area contributed by atoms with Crippen LogP contribution in [0.25, 0.3) is 0 Å². The first-order chi connectivity index (χ1) is 8.88. The van der Waals surface area contributed by atoms with Crippen molar-refractivity contribution in [2.75, 3.05) is 20.8 Å². The van der Waals surface area contributed by atoms with Crippen molar-refractivity contribution in [3.63, 3.8) is 0 Å². The molecule has 0 N–H and O–H groups in total. The molecule has 108 valence electrons. The fourth-order valence-electron chi connectivity index (χ4n) is 1.47. The van der Waals surface area contributed by atoms with E-state index in [2.05, 4.69) is 4.74 Å². The maximum absolute atomic E-state index is 12.8. The summed E-state index contributed by atoms with van der Waals surface area (Å²) in [6.07, 6.45) is -8.48. The van der Waals surface area contributed by atoms with Crippen LogP contribution in [0.5, 0.6) is 0 Å². The first kappa shape index (κ1) is 15.9. The van der Waals surface area contributed by atoms with Crippen molar-refractivity contribution in [3.8, 4) is 0 Å². The maximum atomic E-state index is 12.8. The molecule has 0 spiro atoms. The van der Waals surface area contributed by atoms with Gasteiger partial charge in [0.05, 0.1) is 0 Å². The molecule has 19 heavy (non-hydrogen) atoms. The molecule has 0 amide bonds. The molecule has 0 fully saturated rings. The third-order valence-corrected chi connectivity index (χ3v) is 2.58. The van der Waals surface area contributed by atoms with Crippen LogP contribution in [0, 0.1) is 0 Å². The van der Waals surface area contributed by atoms with Gasteiger partial charge in [0.1, 0.15) is 6.61 Å². The van der Waals surface area contributed by atoms with Crippen molar-refractivity contribution >= 4 is 0 Å². The van der Waals surface area contributed by atoms with Crippen LogP contribution < -0.4 is 0 Å². The van der Waals surface area contributed by atoms with Crippen molar-refractivity contribution in [2.24, 2.45) is 0 Å². The number of rotatable bonds is 7. The van der Waals surface area contributed by atoms with E-state index in [1.165, 1.54) is 14.2 Å². The van der Waals surface area contributed by atoms with Gasteiger partial charge in [-0.15, -0.1) is 0 Å². The average Bonchev–Trinajstić information content (AvgIpc) is 2.41. The molecule has 1 aromatic carbocycles. The van der Waals surface area contributed by atoms with Crippen molar-refractivity contribution in [3.05, 3.63) is 35.9 Å². The standard InChI is InChI=1S/C12H14F4O3/c1-17-11(18-2,9-6-4-3-5-7-9)8-19-12(15,16)10(13)14/h3-7,10H,8H2,1-2H3. The molecule has 1 rings (SSSR count). The highest BCUT2D eigenvalue weighted by Gasteiger charge is 2.45. The average molecular weight is 282 g/mol. The molecule has 0 saturated carbocycles. The van der Waals surface area contributed by atoms with Crippen LogP contribution in [-0.4, -0.2) is 33.4 Å². The van der Waals surface area contributed by atoms with E-state index in [0.717, 1.165) is 0 Å². The summed E-state index contributed by atoms with van der Waals surface area (Å²) in [6.45, 7) is -0.874. The van der Waals surface area contributed by atoms with E-state index in [9.17, 15) is 17.6 Å². The summed E-state index contributed by atoms with van der Waals surface area (Å²) in [5, 5.41) is 0. The zero-order valence-corrected chi connectivity index (χ0v) is 10.4. The Kier molecular flexibility index (Phi) is 5.28. The largest absolute Gasteiger partial charge is 0.416 e. The molecule has 0 bridgehead atoms. The topological polar surface area (TPSA) is 27.7 Å². The Labute approximate surface area is 108 Å². The lowest BCUT2D eigenvalue weighted by Crippen LogP contribution is -2.41. The SMILES string of the molecule is COC(COC(F)(F)C(F)F)(OC)c1ccccc1. The summed E-state index contributed by atoms with van der Waals surface area (Å²) in [4.78, 5) is 0. The monoisotopic (exact) mass is 282 g/mol. The first-order valence-electron chi connectivity index (χ1n) is 5.33. The minimum atomic E-state index is -4.56. The second-order valence-corrected chi connectivity index (χ2v) is 3.68. The number of ether oxygens (including phenoxy) is 3. The maximum Gasteiger partial charge on any atom is 0.416 e. The van der Waals surface area contributed by atoms with Crippen molar-refractivity contribution < 1.29 is 31.8 Å². The Morgan fingerprint density at radius 2 is 1.58 bits per heavy atom. The second kappa shape index (κ2) is 6.31. The van der Waals surface area contributed by atoms with E-state index in [4.69, 9.17) is 9.47 Å². The van der Waals surface area contributed by atoms with E-state index in [0.29, 0.717) is 5.56 Å². The predicted octanol–water partition coefficient (Wildman–Crippen LogP) is 3.01. The Morgan fingerprint density at radius 1 is 1.05 bits per heavy atom. The van der Waals surface area contributed by atoms with Gasteiger partial charge in [-0.05, 0) is 0 Å². The molecule has 0 aliphatic carbocycles. The third-order valence-electron chi connectivity index (χ3n) is 2.58. The van der Waals surface area contributed by atoms with Gasteiger partial charge in [0.2, 0.25) is 5.79 Å². The van der Waals surface area contributed by atoms with Gasteiger partial charge in [-0.3, -0.25) is 0 Å². The third kappa shape index (κ3) is 3.65. The molecule has 0 atom stereocenters. The van der Waals surface area contributed by atoms with Gasteiger partial charge < -0.3 is 14.2 Å². The molecular formula is C12H14F4O3. The summed E-state index contributed by atoms with van der Waals surface area (Å²) in [5.41, 5.74) is 0.380. The van der Waals surface area contributed by atoms with Crippen molar-refractivity contribution in [1.29, 1.82) is 0 Å². The van der Waals surface area contributed by atoms with Gasteiger partial charge in [-0.1, -0.05) is 30.3 Å². The number of alkyl halides is 4. The smallest absolute Gasteiger partial charge is 0.347 e. The van der Waals surface area contributed by atoms with Crippen LogP contribution in [0.2, 0.25) is 0 Å². The highest BCUT2D eigenvalue weighted by molar-refractivity contribution is 5.20. The zero-order valence-electron chi connectivity index (χ0n) is 10.4. The summed E-state index contributed by atoms with van der Waals surface area (Å²) >= 11 is 0. The van der Waals surface area contributed by atoms with E-state index in [-0.39, 0.29) is 0 Å². The Bertz CT molecular complexity index is 380. The fraction of sp³-hybridized carbons (Fsp3) is 0.500. The van der Waals surface area contributed by atoms with Gasteiger partial charge in [-0.2, -0.15) is 8.78 Å². The lowest BCUT2D eigenvalue weighted by Gasteiger charge is -2.32. The van der Waals surface area contributed by atoms with Crippen LogP contribution in [-0.2, 0) is 20.0 Å². The van der Waals surface area contributed by atoms with Crippen LogP contribution in [0.4, 0.5) is 17.6 Å². The molecule has 1 aromatic rings. The minimum Gasteiger partial charge on any atom is -0.347 e. The summed E-state index contributed by atoms with van der Waals surface area (Å²) in [7, 11) is 2.42. The number of methoxy groups -OCH3 is 2. The first-order valence-corrected chi connectivity index (χ1v) is 5.33. The molecule has 7 heteroatoms. The normalized spacial score (nSPS) is 13.0. The van der Waals surface area contributed by atoms with Gasteiger partial charge in [0.25, 0.3) is 0 Å². The summed E-state index contributed by atoms with van der Waals surface area (Å²) < 4.78 is 63.7. The number of hydrogen-bond acceptors (Lipinski definition) is 3. The number of benzene rings is 1. The highest BCUT2D eigenvalue weighted by atomic mass is 19.3. The van der Waals surface area contributed by atoms with Crippen LogP contribution in [0.3, 0.4) is 0 Å². The van der Waals surface area contributed by atoms with E-state index in [1.54, 1.807) is 30.3 Å². The van der Waals surface area contributed by atoms with Crippen molar-refractivity contribution in [1.82, 2.24) is 0 Å². The van der Waals surface area contributed by atoms with Crippen LogP contribution >= 0.6 is 0 Å². The molecule has 3 nitrogen and oxygen atoms in total. The Morgan fingerprint density at radius 3 is 2.00 bits per heavy atom. The minimum absolute atomic E-state index is 0.380. The molecule has 0 aliphatic heterocycles. The van der Waals surface area contributed by atoms with Gasteiger partial charge in [-0.25, -0.2) is 8.78 Å². The quantitative estimate of drug-likeness (QED) is 0.568. The molecule has 0 aromatic heterocycles.